The summed E-state index contributed by atoms with van der Waals surface area (Å²) in [4.78, 5) is 32.6. The van der Waals surface area contributed by atoms with Crippen LogP contribution in [-0.4, -0.2) is 21.7 Å². The topological polar surface area (TPSA) is 74.8 Å². The van der Waals surface area contributed by atoms with E-state index in [1.807, 2.05) is 0 Å². The lowest BCUT2D eigenvalue weighted by Crippen LogP contribution is -2.15. The Morgan fingerprint density at radius 3 is 2.67 bits per heavy atom. The minimum absolute atomic E-state index is 0.170. The van der Waals surface area contributed by atoms with Gasteiger partial charge in [-0.1, -0.05) is 41.9 Å². The van der Waals surface area contributed by atoms with Gasteiger partial charge in [0, 0.05) is 35.5 Å². The summed E-state index contributed by atoms with van der Waals surface area (Å²) in [5.41, 5.74) is 1.51. The number of nitrogens with one attached hydrogen (secondary N) is 2. The number of amides is 1. The Hall–Kier alpha value is -3.65. The summed E-state index contributed by atoms with van der Waals surface area (Å²) in [5.74, 6) is -0.876. The first kappa shape index (κ1) is 22.5. The lowest BCUT2D eigenvalue weighted by Gasteiger charge is -2.12. The number of alkyl halides is 3. The second-order valence-corrected chi connectivity index (χ2v) is 7.89. The predicted molar refractivity (Wildman–Crippen MR) is 120 cm³/mol. The third kappa shape index (κ3) is 4.75. The molecule has 0 atom stereocenters. The predicted octanol–water partition coefficient (Wildman–Crippen LogP) is 6.22. The lowest BCUT2D eigenvalue weighted by molar-refractivity contribution is -0.137. The number of hydrogen-bond acceptors (Lipinski definition) is 3. The number of pyridine rings is 1. The Morgan fingerprint density at radius 2 is 1.91 bits per heavy atom. The molecule has 2 heterocycles. The molecule has 2 N–H and O–H groups in total. The fourth-order valence-corrected chi connectivity index (χ4v) is 3.69. The molecule has 0 spiro atoms. The van der Waals surface area contributed by atoms with E-state index in [1.165, 1.54) is 24.4 Å². The average molecular weight is 472 g/mol. The average Bonchev–Trinajstić information content (AvgIpc) is 3.25. The monoisotopic (exact) mass is 471 g/mol. The zero-order valence-electron chi connectivity index (χ0n) is 17.3. The molecular formula is C24H17ClF3N3O2. The van der Waals surface area contributed by atoms with Gasteiger partial charge in [-0.2, -0.15) is 13.2 Å². The van der Waals surface area contributed by atoms with E-state index in [0.717, 1.165) is 12.1 Å². The third-order valence-corrected chi connectivity index (χ3v) is 5.60. The molecule has 0 unspecified atom stereocenters. The molecule has 168 valence electrons. The fourth-order valence-electron chi connectivity index (χ4n) is 3.40. The molecule has 0 aliphatic rings. The SMILES string of the molecule is Cc1ccc(C(=O)Cc2cccc(C(F)(F)F)c2)cc1NC(=O)c1cnc2[nH]ccc2c1Cl. The van der Waals surface area contributed by atoms with Crippen molar-refractivity contribution in [2.24, 2.45) is 0 Å². The summed E-state index contributed by atoms with van der Waals surface area (Å²) in [7, 11) is 0. The summed E-state index contributed by atoms with van der Waals surface area (Å²) >= 11 is 6.35. The van der Waals surface area contributed by atoms with Crippen LogP contribution in [0.15, 0.2) is 60.9 Å². The minimum Gasteiger partial charge on any atom is -0.346 e. The quantitative estimate of drug-likeness (QED) is 0.339. The standard InChI is InChI=1S/C24H17ClF3N3O2/c1-13-5-6-15(20(32)10-14-3-2-4-16(9-14)24(26,27)28)11-19(13)31-23(33)18-12-30-22-17(21(18)25)7-8-29-22/h2-9,11-12H,10H2,1H3,(H,29,30)(H,31,33). The number of aromatic amines is 1. The van der Waals surface area contributed by atoms with Gasteiger partial charge >= 0.3 is 6.18 Å². The molecule has 0 saturated carbocycles. The van der Waals surface area contributed by atoms with Crippen LogP contribution < -0.4 is 5.32 Å². The summed E-state index contributed by atoms with van der Waals surface area (Å²) in [6, 6.07) is 11.1. The number of halogens is 4. The van der Waals surface area contributed by atoms with Gasteiger partial charge in [0.25, 0.3) is 5.91 Å². The molecule has 4 aromatic rings. The number of H-pyrrole nitrogens is 1. The number of carbonyl (C=O) groups is 2. The molecule has 2 aromatic heterocycles. The number of hydrogen-bond donors (Lipinski definition) is 2. The van der Waals surface area contributed by atoms with Crippen molar-refractivity contribution in [2.75, 3.05) is 5.32 Å². The molecule has 4 rings (SSSR count). The Morgan fingerprint density at radius 1 is 1.12 bits per heavy atom. The first-order chi connectivity index (χ1) is 15.6. The van der Waals surface area contributed by atoms with Crippen LogP contribution in [0.4, 0.5) is 18.9 Å². The molecule has 2 aromatic carbocycles. The van der Waals surface area contributed by atoms with E-state index in [4.69, 9.17) is 11.6 Å². The summed E-state index contributed by atoms with van der Waals surface area (Å²) in [5, 5.41) is 3.58. The molecule has 0 aliphatic carbocycles. The maximum atomic E-state index is 12.9. The van der Waals surface area contributed by atoms with Gasteiger partial charge in [0.15, 0.2) is 5.78 Å². The van der Waals surface area contributed by atoms with Crippen LogP contribution in [0.25, 0.3) is 11.0 Å². The molecule has 5 nitrogen and oxygen atoms in total. The molecule has 33 heavy (non-hydrogen) atoms. The van der Waals surface area contributed by atoms with Gasteiger partial charge in [-0.3, -0.25) is 9.59 Å². The van der Waals surface area contributed by atoms with E-state index in [2.05, 4.69) is 15.3 Å². The number of ketones is 1. The maximum absolute atomic E-state index is 12.9. The van der Waals surface area contributed by atoms with E-state index in [0.29, 0.717) is 22.3 Å². The molecule has 9 heteroatoms. The van der Waals surface area contributed by atoms with E-state index < -0.39 is 17.6 Å². The Kier molecular flexibility index (Phi) is 5.95. The van der Waals surface area contributed by atoms with Gasteiger partial charge in [0.05, 0.1) is 16.1 Å². The highest BCUT2D eigenvalue weighted by molar-refractivity contribution is 6.38. The number of aryl methyl sites for hydroxylation is 1. The third-order valence-electron chi connectivity index (χ3n) is 5.19. The van der Waals surface area contributed by atoms with Crippen molar-refractivity contribution in [1.82, 2.24) is 9.97 Å². The number of anilines is 1. The highest BCUT2D eigenvalue weighted by atomic mass is 35.5. The van der Waals surface area contributed by atoms with Crippen molar-refractivity contribution in [1.29, 1.82) is 0 Å². The van der Waals surface area contributed by atoms with Crippen molar-refractivity contribution in [3.63, 3.8) is 0 Å². The van der Waals surface area contributed by atoms with Crippen molar-refractivity contribution < 1.29 is 22.8 Å². The molecule has 1 amide bonds. The molecule has 0 bridgehead atoms. The molecule has 0 radical (unpaired) electrons. The van der Waals surface area contributed by atoms with Crippen LogP contribution in [0.5, 0.6) is 0 Å². The zero-order valence-corrected chi connectivity index (χ0v) is 18.0. The lowest BCUT2D eigenvalue weighted by atomic mass is 9.99. The van der Waals surface area contributed by atoms with Crippen molar-refractivity contribution in [3.05, 3.63) is 93.8 Å². The number of aromatic nitrogens is 2. The molecular weight excluding hydrogens is 455 g/mol. The van der Waals surface area contributed by atoms with Gasteiger partial charge < -0.3 is 10.3 Å². The van der Waals surface area contributed by atoms with Crippen molar-refractivity contribution in [2.45, 2.75) is 19.5 Å². The largest absolute Gasteiger partial charge is 0.416 e. The van der Waals surface area contributed by atoms with Gasteiger partial charge in [0.2, 0.25) is 0 Å². The fraction of sp³-hybridized carbons (Fsp3) is 0.125. The first-order valence-electron chi connectivity index (χ1n) is 9.86. The van der Waals surface area contributed by atoms with Gasteiger partial charge in [-0.25, -0.2) is 4.98 Å². The van der Waals surface area contributed by atoms with Crippen molar-refractivity contribution >= 4 is 40.0 Å². The summed E-state index contributed by atoms with van der Waals surface area (Å²) in [6.45, 7) is 1.76. The summed E-state index contributed by atoms with van der Waals surface area (Å²) < 4.78 is 38.8. The van der Waals surface area contributed by atoms with Crippen LogP contribution in [0.2, 0.25) is 5.02 Å². The van der Waals surface area contributed by atoms with Gasteiger partial charge in [0.1, 0.15) is 5.65 Å². The van der Waals surface area contributed by atoms with E-state index in [9.17, 15) is 22.8 Å². The molecule has 0 aliphatic heterocycles. The van der Waals surface area contributed by atoms with Gasteiger partial charge in [-0.15, -0.1) is 0 Å². The van der Waals surface area contributed by atoms with Crippen LogP contribution in [-0.2, 0) is 12.6 Å². The number of nitrogens with zero attached hydrogens (tertiary/aromatic N) is 1. The van der Waals surface area contributed by atoms with Crippen LogP contribution in [0.3, 0.4) is 0 Å². The van der Waals surface area contributed by atoms with Crippen molar-refractivity contribution in [3.8, 4) is 0 Å². The van der Waals surface area contributed by atoms with Gasteiger partial charge in [-0.05, 0) is 36.2 Å². The Bertz CT molecular complexity index is 1380. The smallest absolute Gasteiger partial charge is 0.346 e. The maximum Gasteiger partial charge on any atom is 0.416 e. The zero-order chi connectivity index (χ0) is 23.8. The molecule has 0 fully saturated rings. The second kappa shape index (κ2) is 8.71. The number of rotatable bonds is 5. The van der Waals surface area contributed by atoms with E-state index in [1.54, 1.807) is 31.3 Å². The normalized spacial score (nSPS) is 11.5. The Balaban J connectivity index is 1.55. The number of carbonyl (C=O) groups excluding carboxylic acids is 2. The second-order valence-electron chi connectivity index (χ2n) is 7.51. The number of benzene rings is 2. The molecule has 0 saturated heterocycles. The van der Waals surface area contributed by atoms with Crippen LogP contribution in [0, 0.1) is 6.92 Å². The highest BCUT2D eigenvalue weighted by Gasteiger charge is 2.30. The Labute approximate surface area is 191 Å². The van der Waals surface area contributed by atoms with Crippen LogP contribution in [0.1, 0.15) is 37.4 Å². The highest BCUT2D eigenvalue weighted by Crippen LogP contribution is 2.30. The summed E-state index contributed by atoms with van der Waals surface area (Å²) in [6.07, 6.45) is -1.68. The van der Waals surface area contributed by atoms with E-state index >= 15 is 0 Å². The number of fused-ring (bicyclic) bond motifs is 1. The van der Waals surface area contributed by atoms with E-state index in [-0.39, 0.29) is 33.9 Å². The number of Topliss-reactive ketones (excluding diaryl/α,β-unsaturated/α-hetero) is 1. The minimum atomic E-state index is -4.49. The van der Waals surface area contributed by atoms with Crippen LogP contribution >= 0.6 is 11.6 Å². The first-order valence-corrected chi connectivity index (χ1v) is 10.2.